The van der Waals surface area contributed by atoms with Crippen LogP contribution in [0.4, 0.5) is 11.4 Å². The van der Waals surface area contributed by atoms with Crippen LogP contribution in [0, 0.1) is 10.1 Å². The first-order valence-electron chi connectivity index (χ1n) is 7.70. The summed E-state index contributed by atoms with van der Waals surface area (Å²) in [6.45, 7) is 2.93. The van der Waals surface area contributed by atoms with E-state index in [0.29, 0.717) is 23.3 Å². The van der Waals surface area contributed by atoms with Gasteiger partial charge in [-0.3, -0.25) is 10.1 Å². The van der Waals surface area contributed by atoms with Crippen molar-refractivity contribution in [1.29, 1.82) is 0 Å². The number of rotatable bonds is 6. The zero-order valence-corrected chi connectivity index (χ0v) is 13.3. The number of ether oxygens (including phenoxy) is 2. The van der Waals surface area contributed by atoms with Crippen molar-refractivity contribution in [3.05, 3.63) is 40.0 Å². The Bertz CT molecular complexity index is 666. The monoisotopic (exact) mass is 333 g/mol. The third kappa shape index (κ3) is 3.55. The average molecular weight is 333 g/mol. The molecule has 1 N–H and O–H groups in total. The van der Waals surface area contributed by atoms with Crippen molar-refractivity contribution in [3.63, 3.8) is 0 Å². The lowest BCUT2D eigenvalue weighted by molar-refractivity contribution is -0.384. The molecular formula is C16H19N3O5. The van der Waals surface area contributed by atoms with Gasteiger partial charge in [-0.15, -0.1) is 0 Å². The molecule has 128 valence electrons. The normalized spacial score (nSPS) is 18.3. The smallest absolute Gasteiger partial charge is 0.330 e. The van der Waals surface area contributed by atoms with Crippen LogP contribution in [-0.4, -0.2) is 56.4 Å². The highest BCUT2D eigenvalue weighted by Gasteiger charge is 2.33. The summed E-state index contributed by atoms with van der Waals surface area (Å²) < 4.78 is 9.63. The Morgan fingerprint density at radius 1 is 1.42 bits per heavy atom. The Morgan fingerprint density at radius 2 is 2.17 bits per heavy atom. The first-order valence-corrected chi connectivity index (χ1v) is 7.70. The maximum absolute atomic E-state index is 11.4. The van der Waals surface area contributed by atoms with Crippen LogP contribution < -0.4 is 10.2 Å². The van der Waals surface area contributed by atoms with Gasteiger partial charge >= 0.3 is 5.97 Å². The molecule has 0 atom stereocenters. The molecule has 0 bridgehead atoms. The minimum absolute atomic E-state index is 0.0347. The SMILES string of the molecule is COC(=O)C=Cc1ccc(N2CC(NC3COC3)C2)c([N+](=O)[O-])c1. The van der Waals surface area contributed by atoms with E-state index < -0.39 is 10.9 Å². The fourth-order valence-electron chi connectivity index (χ4n) is 2.74. The Morgan fingerprint density at radius 3 is 2.75 bits per heavy atom. The third-order valence-corrected chi connectivity index (χ3v) is 4.14. The summed E-state index contributed by atoms with van der Waals surface area (Å²) in [6.07, 6.45) is 2.74. The van der Waals surface area contributed by atoms with Gasteiger partial charge in [0.1, 0.15) is 5.69 Å². The van der Waals surface area contributed by atoms with E-state index in [0.717, 1.165) is 26.3 Å². The Balaban J connectivity index is 1.68. The van der Waals surface area contributed by atoms with Gasteiger partial charge in [-0.25, -0.2) is 4.79 Å². The van der Waals surface area contributed by atoms with Gasteiger partial charge in [-0.1, -0.05) is 6.07 Å². The number of benzene rings is 1. The van der Waals surface area contributed by atoms with Crippen molar-refractivity contribution >= 4 is 23.4 Å². The number of nitrogens with one attached hydrogen (secondary N) is 1. The second-order valence-corrected chi connectivity index (χ2v) is 5.86. The van der Waals surface area contributed by atoms with E-state index >= 15 is 0 Å². The average Bonchev–Trinajstić information content (AvgIpc) is 2.49. The predicted octanol–water partition coefficient (Wildman–Crippen LogP) is 0.958. The highest BCUT2D eigenvalue weighted by atomic mass is 16.6. The van der Waals surface area contributed by atoms with E-state index in [9.17, 15) is 14.9 Å². The maximum atomic E-state index is 11.4. The predicted molar refractivity (Wildman–Crippen MR) is 87.9 cm³/mol. The summed E-state index contributed by atoms with van der Waals surface area (Å²) in [4.78, 5) is 24.1. The first kappa shape index (κ1) is 16.4. The Labute approximate surface area is 139 Å². The summed E-state index contributed by atoms with van der Waals surface area (Å²) in [5.74, 6) is -0.502. The molecular weight excluding hydrogens is 314 g/mol. The highest BCUT2D eigenvalue weighted by molar-refractivity contribution is 5.87. The van der Waals surface area contributed by atoms with E-state index in [1.54, 1.807) is 12.1 Å². The van der Waals surface area contributed by atoms with Gasteiger partial charge in [0.25, 0.3) is 5.69 Å². The second-order valence-electron chi connectivity index (χ2n) is 5.86. The van der Waals surface area contributed by atoms with Crippen LogP contribution in [0.3, 0.4) is 0 Å². The summed E-state index contributed by atoms with van der Waals surface area (Å²) in [7, 11) is 1.28. The minimum Gasteiger partial charge on any atom is -0.466 e. The Hall–Kier alpha value is -2.45. The summed E-state index contributed by atoms with van der Waals surface area (Å²) in [5, 5.41) is 14.8. The molecule has 0 unspecified atom stereocenters. The second kappa shape index (κ2) is 6.98. The first-order chi connectivity index (χ1) is 11.6. The zero-order valence-electron chi connectivity index (χ0n) is 13.3. The van der Waals surface area contributed by atoms with Crippen LogP contribution in [0.5, 0.6) is 0 Å². The number of nitro groups is 1. The van der Waals surface area contributed by atoms with Crippen molar-refractivity contribution in [2.24, 2.45) is 0 Å². The highest BCUT2D eigenvalue weighted by Crippen LogP contribution is 2.32. The lowest BCUT2D eigenvalue weighted by Crippen LogP contribution is -2.63. The molecule has 8 nitrogen and oxygen atoms in total. The molecule has 0 aromatic heterocycles. The quantitative estimate of drug-likeness (QED) is 0.358. The lowest BCUT2D eigenvalue weighted by atomic mass is 10.0. The van der Waals surface area contributed by atoms with Crippen LogP contribution in [0.15, 0.2) is 24.3 Å². The van der Waals surface area contributed by atoms with E-state index in [1.165, 1.54) is 25.3 Å². The largest absolute Gasteiger partial charge is 0.466 e. The van der Waals surface area contributed by atoms with Crippen molar-refractivity contribution in [2.75, 3.05) is 38.3 Å². The van der Waals surface area contributed by atoms with E-state index in [4.69, 9.17) is 4.74 Å². The molecule has 8 heteroatoms. The van der Waals surface area contributed by atoms with Crippen LogP contribution in [0.1, 0.15) is 5.56 Å². The number of carbonyl (C=O) groups excluding carboxylic acids is 1. The number of nitrogens with zero attached hydrogens (tertiary/aromatic N) is 2. The number of methoxy groups -OCH3 is 1. The van der Waals surface area contributed by atoms with Crippen LogP contribution in [0.25, 0.3) is 6.08 Å². The molecule has 2 aliphatic heterocycles. The molecule has 1 aromatic rings. The molecule has 0 saturated carbocycles. The molecule has 2 saturated heterocycles. The van der Waals surface area contributed by atoms with Gasteiger partial charge in [0.15, 0.2) is 0 Å². The van der Waals surface area contributed by atoms with E-state index in [1.807, 2.05) is 4.90 Å². The molecule has 3 rings (SSSR count). The molecule has 24 heavy (non-hydrogen) atoms. The molecule has 1 aromatic carbocycles. The van der Waals surface area contributed by atoms with Crippen molar-refractivity contribution in [2.45, 2.75) is 12.1 Å². The molecule has 0 spiro atoms. The minimum atomic E-state index is -0.502. The number of hydrogen-bond donors (Lipinski definition) is 1. The van der Waals surface area contributed by atoms with Gasteiger partial charge in [0.05, 0.1) is 31.3 Å². The summed E-state index contributed by atoms with van der Waals surface area (Å²) in [6, 6.07) is 5.67. The number of hydrogen-bond acceptors (Lipinski definition) is 7. The van der Waals surface area contributed by atoms with Gasteiger partial charge in [0, 0.05) is 31.3 Å². The topological polar surface area (TPSA) is 93.9 Å². The maximum Gasteiger partial charge on any atom is 0.330 e. The number of carbonyl (C=O) groups is 1. The molecule has 0 amide bonds. The van der Waals surface area contributed by atoms with Gasteiger partial charge in [-0.05, 0) is 17.7 Å². The van der Waals surface area contributed by atoms with Crippen molar-refractivity contribution in [3.8, 4) is 0 Å². The molecule has 2 fully saturated rings. The van der Waals surface area contributed by atoms with E-state index in [-0.39, 0.29) is 5.69 Å². The van der Waals surface area contributed by atoms with Crippen LogP contribution in [-0.2, 0) is 14.3 Å². The van der Waals surface area contributed by atoms with E-state index in [2.05, 4.69) is 10.1 Å². The fraction of sp³-hybridized carbons (Fsp3) is 0.438. The molecule has 2 aliphatic rings. The van der Waals surface area contributed by atoms with Crippen LogP contribution >= 0.6 is 0 Å². The molecule has 2 heterocycles. The van der Waals surface area contributed by atoms with Crippen molar-refractivity contribution < 1.29 is 19.2 Å². The number of anilines is 1. The fourth-order valence-corrected chi connectivity index (χ4v) is 2.74. The third-order valence-electron chi connectivity index (χ3n) is 4.14. The van der Waals surface area contributed by atoms with Gasteiger partial charge in [-0.2, -0.15) is 0 Å². The molecule has 0 aliphatic carbocycles. The Kier molecular flexibility index (Phi) is 4.77. The number of esters is 1. The standard InChI is InChI=1S/C16H19N3O5/c1-23-16(20)5-3-11-2-4-14(15(6-11)19(21)22)18-7-12(8-18)17-13-9-24-10-13/h2-6,12-13,17H,7-10H2,1H3. The van der Waals surface area contributed by atoms with Crippen LogP contribution in [0.2, 0.25) is 0 Å². The summed E-state index contributed by atoms with van der Waals surface area (Å²) >= 11 is 0. The lowest BCUT2D eigenvalue weighted by Gasteiger charge is -2.44. The van der Waals surface area contributed by atoms with Gasteiger partial charge in [0.2, 0.25) is 0 Å². The molecule has 0 radical (unpaired) electrons. The number of nitro benzene ring substituents is 1. The summed E-state index contributed by atoms with van der Waals surface area (Å²) in [5.41, 5.74) is 1.21. The zero-order chi connectivity index (χ0) is 17.1. The van der Waals surface area contributed by atoms with Gasteiger partial charge < -0.3 is 19.7 Å². The van der Waals surface area contributed by atoms with Crippen molar-refractivity contribution in [1.82, 2.24) is 5.32 Å².